The summed E-state index contributed by atoms with van der Waals surface area (Å²) in [4.78, 5) is 17.3. The van der Waals surface area contributed by atoms with E-state index in [1.165, 1.54) is 11.3 Å². The van der Waals surface area contributed by atoms with E-state index in [-0.39, 0.29) is 11.6 Å². The number of thiophene rings is 1. The van der Waals surface area contributed by atoms with Crippen LogP contribution in [0.25, 0.3) is 10.6 Å². The average molecular weight is 295 g/mol. The Balaban J connectivity index is 1.99. The molecule has 19 heavy (non-hydrogen) atoms. The number of aromatic nitrogens is 1. The minimum Gasteiger partial charge on any atom is -0.333 e. The van der Waals surface area contributed by atoms with Gasteiger partial charge in [-0.3, -0.25) is 5.32 Å². The molecule has 0 spiro atoms. The van der Waals surface area contributed by atoms with E-state index in [9.17, 15) is 4.79 Å². The quantitative estimate of drug-likeness (QED) is 0.889. The first-order valence-corrected chi connectivity index (χ1v) is 7.84. The van der Waals surface area contributed by atoms with Crippen LogP contribution < -0.4 is 10.6 Å². The maximum absolute atomic E-state index is 11.8. The summed E-state index contributed by atoms with van der Waals surface area (Å²) < 4.78 is 0. The number of thiazole rings is 1. The zero-order valence-electron chi connectivity index (χ0n) is 11.2. The molecule has 0 unspecified atom stereocenters. The SMILES string of the molecule is CCC(C)(C)NC(=O)Nc1nc(-c2cccs2)cs1. The molecule has 0 aliphatic heterocycles. The van der Waals surface area contributed by atoms with Crippen LogP contribution >= 0.6 is 22.7 Å². The summed E-state index contributed by atoms with van der Waals surface area (Å²) in [5.41, 5.74) is 0.697. The number of hydrogen-bond acceptors (Lipinski definition) is 4. The molecule has 0 saturated heterocycles. The highest BCUT2D eigenvalue weighted by molar-refractivity contribution is 7.16. The molecule has 0 aliphatic rings. The van der Waals surface area contributed by atoms with E-state index in [0.717, 1.165) is 17.0 Å². The maximum atomic E-state index is 11.8. The first-order chi connectivity index (χ1) is 9.00. The number of urea groups is 1. The molecular formula is C13H17N3OS2. The van der Waals surface area contributed by atoms with Crippen molar-refractivity contribution in [2.45, 2.75) is 32.7 Å². The predicted molar refractivity (Wildman–Crippen MR) is 82.0 cm³/mol. The molecule has 0 fully saturated rings. The van der Waals surface area contributed by atoms with Crippen LogP contribution in [-0.4, -0.2) is 16.6 Å². The van der Waals surface area contributed by atoms with Gasteiger partial charge in [0.1, 0.15) is 0 Å². The highest BCUT2D eigenvalue weighted by Crippen LogP contribution is 2.28. The van der Waals surface area contributed by atoms with Gasteiger partial charge in [0.05, 0.1) is 10.6 Å². The van der Waals surface area contributed by atoms with Crippen LogP contribution in [0.3, 0.4) is 0 Å². The Morgan fingerprint density at radius 2 is 2.21 bits per heavy atom. The van der Waals surface area contributed by atoms with Crippen molar-refractivity contribution in [3.05, 3.63) is 22.9 Å². The summed E-state index contributed by atoms with van der Waals surface area (Å²) in [7, 11) is 0. The van der Waals surface area contributed by atoms with Gasteiger partial charge in [0.2, 0.25) is 0 Å². The molecule has 2 rings (SSSR count). The van der Waals surface area contributed by atoms with E-state index in [1.54, 1.807) is 11.3 Å². The van der Waals surface area contributed by atoms with Crippen LogP contribution in [0.2, 0.25) is 0 Å². The summed E-state index contributed by atoms with van der Waals surface area (Å²) in [6.45, 7) is 6.02. The number of amides is 2. The Labute approximate surface area is 120 Å². The molecule has 0 bridgehead atoms. The van der Waals surface area contributed by atoms with E-state index in [2.05, 4.69) is 15.6 Å². The summed E-state index contributed by atoms with van der Waals surface area (Å²) in [6, 6.07) is 3.80. The van der Waals surface area contributed by atoms with Crippen molar-refractivity contribution < 1.29 is 4.79 Å². The second-order valence-electron chi connectivity index (χ2n) is 4.83. The number of nitrogens with one attached hydrogen (secondary N) is 2. The minimum absolute atomic E-state index is 0.209. The lowest BCUT2D eigenvalue weighted by Crippen LogP contribution is -2.45. The third-order valence-electron chi connectivity index (χ3n) is 2.83. The third-order valence-corrected chi connectivity index (χ3v) is 4.48. The lowest BCUT2D eigenvalue weighted by molar-refractivity contribution is 0.240. The molecule has 0 atom stereocenters. The molecule has 2 heterocycles. The van der Waals surface area contributed by atoms with Crippen LogP contribution in [0.5, 0.6) is 0 Å². The van der Waals surface area contributed by atoms with Crippen LogP contribution in [0, 0.1) is 0 Å². The number of carbonyl (C=O) groups excluding carboxylic acids is 1. The number of rotatable bonds is 4. The molecule has 2 aromatic rings. The van der Waals surface area contributed by atoms with Crippen molar-refractivity contribution >= 4 is 33.8 Å². The summed E-state index contributed by atoms with van der Waals surface area (Å²) in [5.74, 6) is 0. The lowest BCUT2D eigenvalue weighted by atomic mass is 10.0. The van der Waals surface area contributed by atoms with Gasteiger partial charge in [-0.25, -0.2) is 9.78 Å². The van der Waals surface area contributed by atoms with Gasteiger partial charge in [-0.15, -0.1) is 22.7 Å². The zero-order valence-corrected chi connectivity index (χ0v) is 12.8. The summed E-state index contributed by atoms with van der Waals surface area (Å²) in [5, 5.41) is 10.3. The van der Waals surface area contributed by atoms with Crippen molar-refractivity contribution in [2.75, 3.05) is 5.32 Å². The van der Waals surface area contributed by atoms with E-state index in [0.29, 0.717) is 5.13 Å². The number of carbonyl (C=O) groups is 1. The Morgan fingerprint density at radius 3 is 2.84 bits per heavy atom. The van der Waals surface area contributed by atoms with Crippen molar-refractivity contribution in [2.24, 2.45) is 0 Å². The first-order valence-electron chi connectivity index (χ1n) is 6.09. The topological polar surface area (TPSA) is 54.0 Å². The second-order valence-corrected chi connectivity index (χ2v) is 6.64. The van der Waals surface area contributed by atoms with Crippen molar-refractivity contribution in [1.29, 1.82) is 0 Å². The fourth-order valence-electron chi connectivity index (χ4n) is 1.39. The average Bonchev–Trinajstić information content (AvgIpc) is 2.97. The highest BCUT2D eigenvalue weighted by Gasteiger charge is 2.18. The van der Waals surface area contributed by atoms with E-state index in [1.807, 2.05) is 43.7 Å². The number of hydrogen-bond donors (Lipinski definition) is 2. The van der Waals surface area contributed by atoms with Crippen LogP contribution in [0.1, 0.15) is 27.2 Å². The highest BCUT2D eigenvalue weighted by atomic mass is 32.1. The van der Waals surface area contributed by atoms with E-state index in [4.69, 9.17) is 0 Å². The van der Waals surface area contributed by atoms with Crippen molar-refractivity contribution in [3.8, 4) is 10.6 Å². The van der Waals surface area contributed by atoms with Crippen LogP contribution in [-0.2, 0) is 0 Å². The molecule has 0 saturated carbocycles. The van der Waals surface area contributed by atoms with Gasteiger partial charge in [-0.1, -0.05) is 13.0 Å². The van der Waals surface area contributed by atoms with E-state index < -0.39 is 0 Å². The standard InChI is InChI=1S/C13H17N3OS2/c1-4-13(2,3)16-11(17)15-12-14-9(8-19-12)10-6-5-7-18-10/h5-8H,4H2,1-3H3,(H2,14,15,16,17). The largest absolute Gasteiger partial charge is 0.333 e. The monoisotopic (exact) mass is 295 g/mol. The van der Waals surface area contributed by atoms with Crippen molar-refractivity contribution in [1.82, 2.24) is 10.3 Å². The molecular weight excluding hydrogens is 278 g/mol. The first kappa shape index (κ1) is 14.0. The molecule has 2 N–H and O–H groups in total. The molecule has 2 aromatic heterocycles. The van der Waals surface area contributed by atoms with Crippen LogP contribution in [0.15, 0.2) is 22.9 Å². The minimum atomic E-state index is -0.210. The van der Waals surface area contributed by atoms with Gasteiger partial charge in [-0.2, -0.15) is 0 Å². The molecule has 0 radical (unpaired) electrons. The smallest absolute Gasteiger partial charge is 0.321 e. The zero-order chi connectivity index (χ0) is 13.9. The van der Waals surface area contributed by atoms with Gasteiger partial charge in [0.25, 0.3) is 0 Å². The fraction of sp³-hybridized carbons (Fsp3) is 0.385. The second kappa shape index (κ2) is 5.71. The normalized spacial score (nSPS) is 11.3. The molecule has 6 heteroatoms. The van der Waals surface area contributed by atoms with Gasteiger partial charge in [0, 0.05) is 10.9 Å². The predicted octanol–water partition coefficient (Wildman–Crippen LogP) is 4.18. The fourth-order valence-corrected chi connectivity index (χ4v) is 2.86. The Hall–Kier alpha value is -1.40. The van der Waals surface area contributed by atoms with E-state index >= 15 is 0 Å². The van der Waals surface area contributed by atoms with Gasteiger partial charge in [0.15, 0.2) is 5.13 Å². The molecule has 102 valence electrons. The van der Waals surface area contributed by atoms with Crippen molar-refractivity contribution in [3.63, 3.8) is 0 Å². The van der Waals surface area contributed by atoms with Gasteiger partial charge in [-0.05, 0) is 31.7 Å². The third kappa shape index (κ3) is 3.78. The van der Waals surface area contributed by atoms with Gasteiger partial charge < -0.3 is 5.32 Å². The Bertz CT molecular complexity index is 546. The molecule has 4 nitrogen and oxygen atoms in total. The molecule has 0 aliphatic carbocycles. The lowest BCUT2D eigenvalue weighted by Gasteiger charge is -2.24. The maximum Gasteiger partial charge on any atom is 0.321 e. The molecule has 0 aromatic carbocycles. The Kier molecular flexibility index (Phi) is 4.21. The Morgan fingerprint density at radius 1 is 1.42 bits per heavy atom. The number of anilines is 1. The summed E-state index contributed by atoms with van der Waals surface area (Å²) in [6.07, 6.45) is 0.874. The number of nitrogens with zero attached hydrogens (tertiary/aromatic N) is 1. The van der Waals surface area contributed by atoms with Crippen LogP contribution in [0.4, 0.5) is 9.93 Å². The summed E-state index contributed by atoms with van der Waals surface area (Å²) >= 11 is 3.07. The molecule has 2 amide bonds. The van der Waals surface area contributed by atoms with Gasteiger partial charge >= 0.3 is 6.03 Å².